The molecule has 0 bridgehead atoms. The van der Waals surface area contributed by atoms with E-state index in [1.165, 1.54) is 0 Å². The zero-order chi connectivity index (χ0) is 14.7. The summed E-state index contributed by atoms with van der Waals surface area (Å²) in [6.45, 7) is 0.456. The molecule has 0 heterocycles. The highest BCUT2D eigenvalue weighted by atomic mass is 19.4. The minimum Gasteiger partial charge on any atom is -0.368 e. The zero-order valence-corrected chi connectivity index (χ0v) is 11.2. The SMILES string of the molecule is CN(CCC1CCCC1(N)C(N)=O)CCC(F)(F)F. The first-order valence-electron chi connectivity index (χ1n) is 6.49. The molecule has 1 rings (SSSR count). The Morgan fingerprint density at radius 2 is 2.05 bits per heavy atom. The minimum atomic E-state index is -4.13. The molecule has 0 spiro atoms. The highest BCUT2D eigenvalue weighted by Gasteiger charge is 2.43. The van der Waals surface area contributed by atoms with Gasteiger partial charge in [0.1, 0.15) is 0 Å². The predicted octanol–water partition coefficient (Wildman–Crippen LogP) is 1.24. The standard InChI is InChI=1S/C12H22F3N3O/c1-18(8-6-12(13,14)15)7-4-9-3-2-5-11(9,17)10(16)19/h9H,2-8,17H2,1H3,(H2,16,19). The normalized spacial score (nSPS) is 28.0. The number of carbonyl (C=O) groups is 1. The average molecular weight is 281 g/mol. The fourth-order valence-electron chi connectivity index (χ4n) is 2.63. The van der Waals surface area contributed by atoms with E-state index >= 15 is 0 Å². The van der Waals surface area contributed by atoms with Crippen molar-refractivity contribution in [1.29, 1.82) is 0 Å². The van der Waals surface area contributed by atoms with Crippen molar-refractivity contribution < 1.29 is 18.0 Å². The average Bonchev–Trinajstić information content (AvgIpc) is 2.66. The fraction of sp³-hybridized carbons (Fsp3) is 0.917. The van der Waals surface area contributed by atoms with Crippen molar-refractivity contribution in [1.82, 2.24) is 4.90 Å². The number of nitrogens with two attached hydrogens (primary N) is 2. The van der Waals surface area contributed by atoms with Crippen molar-refractivity contribution >= 4 is 5.91 Å². The fourth-order valence-corrected chi connectivity index (χ4v) is 2.63. The Morgan fingerprint density at radius 3 is 2.58 bits per heavy atom. The third-order valence-electron chi connectivity index (χ3n) is 3.97. The molecule has 7 heteroatoms. The third kappa shape index (κ3) is 4.65. The van der Waals surface area contributed by atoms with Gasteiger partial charge in [-0.1, -0.05) is 6.42 Å². The van der Waals surface area contributed by atoms with E-state index in [0.717, 1.165) is 12.8 Å². The summed E-state index contributed by atoms with van der Waals surface area (Å²) in [5.41, 5.74) is 10.3. The summed E-state index contributed by atoms with van der Waals surface area (Å²) in [6, 6.07) is 0. The lowest BCUT2D eigenvalue weighted by Gasteiger charge is -2.29. The topological polar surface area (TPSA) is 72.3 Å². The van der Waals surface area contributed by atoms with Crippen LogP contribution in [0.5, 0.6) is 0 Å². The quantitative estimate of drug-likeness (QED) is 0.769. The smallest absolute Gasteiger partial charge is 0.368 e. The lowest BCUT2D eigenvalue weighted by Crippen LogP contribution is -2.55. The van der Waals surface area contributed by atoms with Crippen LogP contribution in [0, 0.1) is 5.92 Å². The molecule has 0 radical (unpaired) electrons. The van der Waals surface area contributed by atoms with Gasteiger partial charge >= 0.3 is 6.18 Å². The Bertz CT molecular complexity index is 322. The van der Waals surface area contributed by atoms with Gasteiger partial charge in [-0.25, -0.2) is 0 Å². The molecule has 1 saturated carbocycles. The van der Waals surface area contributed by atoms with E-state index in [1.54, 1.807) is 11.9 Å². The Kier molecular flexibility index (Phi) is 5.20. The van der Waals surface area contributed by atoms with E-state index in [1.807, 2.05) is 0 Å². The summed E-state index contributed by atoms with van der Waals surface area (Å²) in [7, 11) is 1.64. The van der Waals surface area contributed by atoms with Crippen molar-refractivity contribution in [2.75, 3.05) is 20.1 Å². The largest absolute Gasteiger partial charge is 0.390 e. The van der Waals surface area contributed by atoms with Gasteiger partial charge in [0.15, 0.2) is 0 Å². The molecule has 0 aromatic rings. The lowest BCUT2D eigenvalue weighted by molar-refractivity contribution is -0.137. The molecule has 0 saturated heterocycles. The summed E-state index contributed by atoms with van der Waals surface area (Å²) in [5.74, 6) is -0.536. The number of nitrogens with zero attached hydrogens (tertiary/aromatic N) is 1. The first-order chi connectivity index (χ1) is 8.65. The molecule has 0 aliphatic heterocycles. The number of alkyl halides is 3. The highest BCUT2D eigenvalue weighted by Crippen LogP contribution is 2.35. The van der Waals surface area contributed by atoms with Crippen LogP contribution in [-0.2, 0) is 4.79 Å². The van der Waals surface area contributed by atoms with E-state index in [4.69, 9.17) is 11.5 Å². The van der Waals surface area contributed by atoms with Crippen LogP contribution in [0.3, 0.4) is 0 Å². The molecule has 2 atom stereocenters. The molecule has 1 aliphatic rings. The molecule has 19 heavy (non-hydrogen) atoms. The van der Waals surface area contributed by atoms with Crippen LogP contribution in [0.1, 0.15) is 32.1 Å². The van der Waals surface area contributed by atoms with E-state index in [2.05, 4.69) is 0 Å². The van der Waals surface area contributed by atoms with Crippen LogP contribution >= 0.6 is 0 Å². The monoisotopic (exact) mass is 281 g/mol. The molecule has 4 N–H and O–H groups in total. The molecule has 4 nitrogen and oxygen atoms in total. The van der Waals surface area contributed by atoms with E-state index in [9.17, 15) is 18.0 Å². The summed E-state index contributed by atoms with van der Waals surface area (Å²) in [4.78, 5) is 13.0. The van der Waals surface area contributed by atoms with Gasteiger partial charge in [-0.3, -0.25) is 4.79 Å². The number of halogens is 3. The van der Waals surface area contributed by atoms with Gasteiger partial charge in [0.2, 0.25) is 5.91 Å². The minimum absolute atomic E-state index is 0.0293. The number of hydrogen-bond acceptors (Lipinski definition) is 3. The van der Waals surface area contributed by atoms with Crippen LogP contribution in [0.2, 0.25) is 0 Å². The zero-order valence-electron chi connectivity index (χ0n) is 11.2. The molecule has 0 aromatic heterocycles. The van der Waals surface area contributed by atoms with Gasteiger partial charge in [-0.05, 0) is 38.8 Å². The molecule has 1 aliphatic carbocycles. The number of carbonyl (C=O) groups excluding carboxylic acids is 1. The van der Waals surface area contributed by atoms with Crippen LogP contribution in [-0.4, -0.2) is 42.7 Å². The van der Waals surface area contributed by atoms with Crippen LogP contribution < -0.4 is 11.5 Å². The van der Waals surface area contributed by atoms with E-state index in [0.29, 0.717) is 19.4 Å². The summed E-state index contributed by atoms with van der Waals surface area (Å²) in [6.07, 6.45) is -2.12. The predicted molar refractivity (Wildman–Crippen MR) is 66.2 cm³/mol. The Morgan fingerprint density at radius 1 is 1.42 bits per heavy atom. The first kappa shape index (κ1) is 16.2. The molecule has 0 aromatic carbocycles. The van der Waals surface area contributed by atoms with Crippen molar-refractivity contribution in [3.8, 4) is 0 Å². The second-order valence-electron chi connectivity index (χ2n) is 5.45. The van der Waals surface area contributed by atoms with Gasteiger partial charge in [-0.2, -0.15) is 13.2 Å². The van der Waals surface area contributed by atoms with Gasteiger partial charge in [0, 0.05) is 6.54 Å². The number of hydrogen-bond donors (Lipinski definition) is 2. The maximum atomic E-state index is 12.1. The van der Waals surface area contributed by atoms with Crippen molar-refractivity contribution in [2.45, 2.75) is 43.8 Å². The van der Waals surface area contributed by atoms with Crippen LogP contribution in [0.25, 0.3) is 0 Å². The van der Waals surface area contributed by atoms with Crippen molar-refractivity contribution in [3.05, 3.63) is 0 Å². The number of rotatable bonds is 6. The van der Waals surface area contributed by atoms with Gasteiger partial charge in [0.05, 0.1) is 12.0 Å². The maximum absolute atomic E-state index is 12.1. The number of primary amides is 1. The van der Waals surface area contributed by atoms with Crippen LogP contribution in [0.4, 0.5) is 13.2 Å². The Labute approximate surface area is 111 Å². The second kappa shape index (κ2) is 6.09. The molecule has 112 valence electrons. The Balaban J connectivity index is 2.38. The summed E-state index contributed by atoms with van der Waals surface area (Å²) >= 11 is 0. The molecular weight excluding hydrogens is 259 g/mol. The maximum Gasteiger partial charge on any atom is 0.390 e. The van der Waals surface area contributed by atoms with E-state index < -0.39 is 24.0 Å². The lowest BCUT2D eigenvalue weighted by atomic mass is 9.85. The first-order valence-corrected chi connectivity index (χ1v) is 6.49. The van der Waals surface area contributed by atoms with Crippen molar-refractivity contribution in [3.63, 3.8) is 0 Å². The molecule has 1 amide bonds. The van der Waals surface area contributed by atoms with Crippen LogP contribution in [0.15, 0.2) is 0 Å². The van der Waals surface area contributed by atoms with Crippen molar-refractivity contribution in [2.24, 2.45) is 17.4 Å². The third-order valence-corrected chi connectivity index (χ3v) is 3.97. The van der Waals surface area contributed by atoms with E-state index in [-0.39, 0.29) is 12.5 Å². The second-order valence-corrected chi connectivity index (χ2v) is 5.45. The number of amides is 1. The van der Waals surface area contributed by atoms with Gasteiger partial charge in [-0.15, -0.1) is 0 Å². The summed E-state index contributed by atoms with van der Waals surface area (Å²) in [5, 5.41) is 0. The van der Waals surface area contributed by atoms with Gasteiger partial charge < -0.3 is 16.4 Å². The molecule has 1 fully saturated rings. The Hall–Kier alpha value is -0.820. The highest BCUT2D eigenvalue weighted by molar-refractivity contribution is 5.85. The molecule has 2 unspecified atom stereocenters. The molecular formula is C12H22F3N3O. The van der Waals surface area contributed by atoms with Gasteiger partial charge in [0.25, 0.3) is 0 Å². The summed E-state index contributed by atoms with van der Waals surface area (Å²) < 4.78 is 36.2.